The minimum Gasteiger partial charge on any atom is -0.490 e. The molecule has 0 saturated carbocycles. The lowest BCUT2D eigenvalue weighted by molar-refractivity contribution is -0.165. The van der Waals surface area contributed by atoms with Crippen LogP contribution in [0.1, 0.15) is 41.5 Å². The Morgan fingerprint density at radius 3 is 2.35 bits per heavy atom. The van der Waals surface area contributed by atoms with E-state index in [0.717, 1.165) is 29.8 Å². The summed E-state index contributed by atoms with van der Waals surface area (Å²) >= 11 is 0. The van der Waals surface area contributed by atoms with E-state index in [1.807, 2.05) is 65.2 Å². The van der Waals surface area contributed by atoms with Crippen LogP contribution in [0.25, 0.3) is 10.9 Å². The number of hydrogen-bond acceptors (Lipinski definition) is 7. The van der Waals surface area contributed by atoms with Gasteiger partial charge in [-0.3, -0.25) is 0 Å². The molecule has 0 fully saturated rings. The highest BCUT2D eigenvalue weighted by Crippen LogP contribution is 2.37. The molecular weight excluding hydrogens is 446 g/mol. The van der Waals surface area contributed by atoms with Crippen molar-refractivity contribution in [1.82, 2.24) is 9.88 Å². The molecule has 1 atom stereocenters. The largest absolute Gasteiger partial charge is 0.490 e. The van der Waals surface area contributed by atoms with Crippen LogP contribution in [-0.4, -0.2) is 69.7 Å². The molecule has 2 rings (SSSR count). The first kappa shape index (κ1) is 28.1. The zero-order valence-electron chi connectivity index (χ0n) is 22.6. The number of hydrogen-bond donors (Lipinski definition) is 1. The fourth-order valence-electron chi connectivity index (χ4n) is 2.92. The smallest absolute Gasteiger partial charge is 0.338 e. The Morgan fingerprint density at radius 2 is 1.76 bits per heavy atom. The number of fused-ring (bicyclic) bond motifs is 1. The number of likely N-dealkylation sites (N-methyl/N-ethyl adjacent to an activating group) is 1. The minimum atomic E-state index is -2.21. The number of anilines is 1. The molecule has 1 aromatic heterocycles. The Hall–Kier alpha value is -2.16. The number of carbonyl (C=O) groups excluding carboxylic acids is 1. The van der Waals surface area contributed by atoms with Crippen LogP contribution >= 0.6 is 0 Å². The normalized spacial score (nSPS) is 13.7. The van der Waals surface area contributed by atoms with Gasteiger partial charge in [0.05, 0.1) is 5.52 Å². The van der Waals surface area contributed by atoms with Gasteiger partial charge in [0.1, 0.15) is 23.8 Å². The van der Waals surface area contributed by atoms with Gasteiger partial charge in [0.15, 0.2) is 14.4 Å². The highest BCUT2D eigenvalue weighted by molar-refractivity contribution is 6.74. The fraction of sp³-hybridized carbons (Fsp3) is 0.615. The Morgan fingerprint density at radius 1 is 1.09 bits per heavy atom. The topological polar surface area (TPSA) is 72.9 Å². The number of benzene rings is 1. The van der Waals surface area contributed by atoms with E-state index in [2.05, 4.69) is 49.1 Å². The van der Waals surface area contributed by atoms with E-state index in [0.29, 0.717) is 5.75 Å². The second-order valence-corrected chi connectivity index (χ2v) is 16.2. The van der Waals surface area contributed by atoms with Crippen LogP contribution in [0.5, 0.6) is 5.75 Å². The number of rotatable bonds is 10. The summed E-state index contributed by atoms with van der Waals surface area (Å²) in [7, 11) is 1.87. The van der Waals surface area contributed by atoms with E-state index < -0.39 is 26.0 Å². The summed E-state index contributed by atoms with van der Waals surface area (Å²) in [4.78, 5) is 19.7. The average molecular weight is 490 g/mol. The van der Waals surface area contributed by atoms with Crippen LogP contribution in [0.2, 0.25) is 18.1 Å². The lowest BCUT2D eigenvalue weighted by atomic mass is 10.2. The SMILES string of the molecule is CN(C)CCNc1ccc2cc(OC[C@@H](O[Si](C)(C)C(C)(C)C)C(=O)OC(C)(C)C)ccc2n1. The number of pyridine rings is 1. The highest BCUT2D eigenvalue weighted by Gasteiger charge is 2.42. The number of ether oxygens (including phenoxy) is 2. The van der Waals surface area contributed by atoms with Crippen molar-refractivity contribution in [3.05, 3.63) is 30.3 Å². The zero-order valence-corrected chi connectivity index (χ0v) is 23.6. The van der Waals surface area contributed by atoms with Crippen LogP contribution in [0.4, 0.5) is 5.82 Å². The van der Waals surface area contributed by atoms with Gasteiger partial charge in [-0.2, -0.15) is 0 Å². The van der Waals surface area contributed by atoms with Crippen LogP contribution < -0.4 is 10.1 Å². The van der Waals surface area contributed by atoms with E-state index >= 15 is 0 Å². The molecule has 0 bridgehead atoms. The highest BCUT2D eigenvalue weighted by atomic mass is 28.4. The Balaban J connectivity index is 2.14. The molecule has 1 aromatic carbocycles. The molecule has 34 heavy (non-hydrogen) atoms. The van der Waals surface area contributed by atoms with Gasteiger partial charge in [-0.1, -0.05) is 20.8 Å². The third-order valence-electron chi connectivity index (χ3n) is 5.84. The maximum atomic E-state index is 12.9. The van der Waals surface area contributed by atoms with Gasteiger partial charge in [-0.25, -0.2) is 9.78 Å². The Labute approximate surface area is 206 Å². The third-order valence-corrected chi connectivity index (χ3v) is 10.3. The first-order valence-electron chi connectivity index (χ1n) is 11.9. The maximum Gasteiger partial charge on any atom is 0.338 e. The number of nitrogens with zero attached hydrogens (tertiary/aromatic N) is 2. The molecule has 8 heteroatoms. The zero-order chi connectivity index (χ0) is 25.7. The predicted molar refractivity (Wildman–Crippen MR) is 142 cm³/mol. The van der Waals surface area contributed by atoms with Crippen molar-refractivity contribution in [2.24, 2.45) is 0 Å². The molecule has 0 aliphatic rings. The van der Waals surface area contributed by atoms with Crippen LogP contribution in [0.3, 0.4) is 0 Å². The molecule has 0 radical (unpaired) electrons. The molecule has 1 N–H and O–H groups in total. The van der Waals surface area contributed by atoms with Crippen LogP contribution in [-0.2, 0) is 14.0 Å². The first-order chi connectivity index (χ1) is 15.6. The number of carbonyl (C=O) groups is 1. The standard InChI is InChI=1S/C26H43N3O4Si/c1-25(2,3)32-24(30)22(33-34(9,10)26(4,5)6)18-31-20-12-13-21-19(17-20)11-14-23(28-21)27-15-16-29(7)8/h11-14,17,22H,15-16,18H2,1-10H3,(H,27,28)/t22-/m1/s1. The van der Waals surface area contributed by atoms with Crippen LogP contribution in [0, 0.1) is 0 Å². The number of esters is 1. The minimum absolute atomic E-state index is 0.0415. The van der Waals surface area contributed by atoms with E-state index in [9.17, 15) is 4.79 Å². The molecule has 0 spiro atoms. The molecule has 0 unspecified atom stereocenters. The van der Waals surface area contributed by atoms with Crippen LogP contribution in [0.15, 0.2) is 30.3 Å². The van der Waals surface area contributed by atoms with Gasteiger partial charge < -0.3 is 24.1 Å². The fourth-order valence-corrected chi connectivity index (χ4v) is 4.15. The molecule has 7 nitrogen and oxygen atoms in total. The Kier molecular flexibility index (Phi) is 9.13. The van der Waals surface area contributed by atoms with Crippen molar-refractivity contribution >= 4 is 31.0 Å². The van der Waals surface area contributed by atoms with Gasteiger partial charge in [-0.05, 0) is 83.3 Å². The summed E-state index contributed by atoms with van der Waals surface area (Å²) in [5.41, 5.74) is 0.280. The van der Waals surface area contributed by atoms with Gasteiger partial charge >= 0.3 is 5.97 Å². The van der Waals surface area contributed by atoms with Gasteiger partial charge in [0.2, 0.25) is 0 Å². The van der Waals surface area contributed by atoms with E-state index in [1.165, 1.54) is 0 Å². The summed E-state index contributed by atoms with van der Waals surface area (Å²) in [6.07, 6.45) is -0.794. The number of aromatic nitrogens is 1. The van der Waals surface area contributed by atoms with Crippen molar-refractivity contribution < 1.29 is 18.7 Å². The van der Waals surface area contributed by atoms with Gasteiger partial charge in [0, 0.05) is 18.5 Å². The summed E-state index contributed by atoms with van der Waals surface area (Å²) in [6, 6.07) is 9.72. The Bertz CT molecular complexity index is 965. The molecule has 0 aliphatic heterocycles. The third kappa shape index (κ3) is 8.56. The lowest BCUT2D eigenvalue weighted by Crippen LogP contribution is -2.49. The van der Waals surface area contributed by atoms with Gasteiger partial charge in [0.25, 0.3) is 0 Å². The van der Waals surface area contributed by atoms with E-state index in [-0.39, 0.29) is 11.6 Å². The molecule has 1 heterocycles. The second-order valence-electron chi connectivity index (χ2n) is 11.5. The van der Waals surface area contributed by atoms with Crippen molar-refractivity contribution in [3.8, 4) is 5.75 Å². The summed E-state index contributed by atoms with van der Waals surface area (Å²) in [6.45, 7) is 18.1. The quantitative estimate of drug-likeness (QED) is 0.358. The summed E-state index contributed by atoms with van der Waals surface area (Å²) in [5, 5.41) is 4.27. The molecular formula is C26H43N3O4Si. The van der Waals surface area contributed by atoms with Gasteiger partial charge in [-0.15, -0.1) is 0 Å². The molecule has 0 saturated heterocycles. The molecule has 2 aromatic rings. The second kappa shape index (κ2) is 11.1. The maximum absolute atomic E-state index is 12.9. The lowest BCUT2D eigenvalue weighted by Gasteiger charge is -2.39. The predicted octanol–water partition coefficient (Wildman–Crippen LogP) is 5.32. The first-order valence-corrected chi connectivity index (χ1v) is 14.8. The molecule has 190 valence electrons. The monoisotopic (exact) mass is 489 g/mol. The van der Waals surface area contributed by atoms with E-state index in [1.54, 1.807) is 0 Å². The summed E-state index contributed by atoms with van der Waals surface area (Å²) < 4.78 is 18.1. The number of nitrogens with one attached hydrogen (secondary N) is 1. The summed E-state index contributed by atoms with van der Waals surface area (Å²) in [5.74, 6) is 1.11. The van der Waals surface area contributed by atoms with Crippen molar-refractivity contribution in [1.29, 1.82) is 0 Å². The van der Waals surface area contributed by atoms with E-state index in [4.69, 9.17) is 13.9 Å². The van der Waals surface area contributed by atoms with Crippen molar-refractivity contribution in [3.63, 3.8) is 0 Å². The average Bonchev–Trinajstić information content (AvgIpc) is 2.68. The van der Waals surface area contributed by atoms with Crippen molar-refractivity contribution in [2.45, 2.75) is 71.4 Å². The van der Waals surface area contributed by atoms with Crippen molar-refractivity contribution in [2.75, 3.05) is 39.1 Å². The molecule has 0 amide bonds. The molecule has 0 aliphatic carbocycles.